The van der Waals surface area contributed by atoms with E-state index in [0.29, 0.717) is 28.2 Å². The summed E-state index contributed by atoms with van der Waals surface area (Å²) in [4.78, 5) is 92.4. The molecule has 6 rings (SSSR count). The third-order valence-electron chi connectivity index (χ3n) is 11.9. The van der Waals surface area contributed by atoms with Gasteiger partial charge in [-0.15, -0.1) is 0 Å². The Bertz CT molecular complexity index is 2580. The van der Waals surface area contributed by atoms with Crippen LogP contribution in [0.2, 0.25) is 0 Å². The number of carbonyl (C=O) groups excluding carboxylic acids is 5. The molecular weight excluding hydrogens is 945 g/mol. The second-order valence-electron chi connectivity index (χ2n) is 17.1. The van der Waals surface area contributed by atoms with E-state index < -0.39 is 109 Å². The first kappa shape index (κ1) is 54.4. The summed E-state index contributed by atoms with van der Waals surface area (Å²) in [5.41, 5.74) is -2.33. The number of H-pyrrole nitrogens is 1. The Morgan fingerprint density at radius 3 is 1.97 bits per heavy atom. The van der Waals surface area contributed by atoms with E-state index in [-0.39, 0.29) is 38.5 Å². The van der Waals surface area contributed by atoms with Gasteiger partial charge in [0.1, 0.15) is 48.1 Å². The Hall–Kier alpha value is -6.95. The molecule has 3 heterocycles. The Kier molecular flexibility index (Phi) is 18.5. The summed E-state index contributed by atoms with van der Waals surface area (Å²) in [5, 5.41) is 14.0. The van der Waals surface area contributed by atoms with Crippen LogP contribution in [-0.4, -0.2) is 152 Å². The summed E-state index contributed by atoms with van der Waals surface area (Å²) in [6.45, 7) is 3.01. The second kappa shape index (κ2) is 24.4. The number of methoxy groups -OCH3 is 2. The van der Waals surface area contributed by atoms with E-state index in [1.54, 1.807) is 38.5 Å². The highest BCUT2D eigenvalue weighted by molar-refractivity contribution is 5.77. The monoisotopic (exact) mass is 1000 g/mol. The lowest BCUT2D eigenvalue weighted by Crippen LogP contribution is -2.66. The molecule has 72 heavy (non-hydrogen) atoms. The second-order valence-corrected chi connectivity index (χ2v) is 17.1. The fraction of sp³-hybridized carbons (Fsp3) is 0.460. The Morgan fingerprint density at radius 1 is 0.819 bits per heavy atom. The Labute approximate surface area is 414 Å². The van der Waals surface area contributed by atoms with Crippen LogP contribution in [0.1, 0.15) is 56.2 Å². The third-order valence-corrected chi connectivity index (χ3v) is 11.9. The number of aryl methyl sites for hydroxylation is 1. The average molecular weight is 1010 g/mol. The highest BCUT2D eigenvalue weighted by Crippen LogP contribution is 2.43. The molecule has 3 N–H and O–H groups in total. The zero-order valence-corrected chi connectivity index (χ0v) is 41.0. The summed E-state index contributed by atoms with van der Waals surface area (Å²) < 4.78 is 59.8. The molecule has 0 saturated carbocycles. The van der Waals surface area contributed by atoms with Crippen molar-refractivity contribution in [3.05, 3.63) is 128 Å². The van der Waals surface area contributed by atoms with Crippen molar-refractivity contribution in [2.24, 2.45) is 0 Å². The highest BCUT2D eigenvalue weighted by atomic mass is 16.7. The van der Waals surface area contributed by atoms with Gasteiger partial charge in [-0.05, 0) is 47.9 Å². The topological polar surface area (TPSA) is 268 Å². The van der Waals surface area contributed by atoms with E-state index >= 15 is 0 Å². The summed E-state index contributed by atoms with van der Waals surface area (Å²) in [5.74, 6) is -2.22. The maximum Gasteiger partial charge on any atom is 0.330 e. The first-order chi connectivity index (χ1) is 34.4. The average Bonchev–Trinajstić information content (AvgIpc) is 3.36. The molecule has 22 nitrogen and oxygen atoms in total. The van der Waals surface area contributed by atoms with Crippen LogP contribution < -0.4 is 26.0 Å². The standard InChI is InChI=1S/C50H60N4O18/c1-30-23-54(48(62)52-46(30)61)42-24-53(41(60)26-65-21-22-66-47-43(51-31(2)56)45(70-34(5)59)44(69-33(4)58)40(71-47)25-67-32(3)57)27-49(28-55,72-42)29-68-50(35-11-9-8-10-12-35,36-13-17-38(63-6)18-14-36)37-15-19-39(64-7)20-16-37/h8-20,23,40,42-45,47,55H,21-22,24-29H2,1-7H3,(H,51,56)(H,52,61,62)/t40-,42-,43-,44+,45-,47-,49-/m1/s1. The van der Waals surface area contributed by atoms with Gasteiger partial charge in [-0.3, -0.25) is 38.3 Å². The van der Waals surface area contributed by atoms with Crippen molar-refractivity contribution in [2.75, 3.05) is 67.0 Å². The first-order valence-electron chi connectivity index (χ1n) is 22.9. The molecular formula is C50H60N4O18. The molecule has 1 aromatic heterocycles. The van der Waals surface area contributed by atoms with Crippen LogP contribution in [-0.2, 0) is 67.5 Å². The van der Waals surface area contributed by atoms with Gasteiger partial charge in [0.2, 0.25) is 11.8 Å². The zero-order chi connectivity index (χ0) is 52.2. The molecule has 3 aromatic carbocycles. The Balaban J connectivity index is 1.27. The lowest BCUT2D eigenvalue weighted by atomic mass is 9.79. The number of amides is 2. The molecule has 388 valence electrons. The maximum atomic E-state index is 14.3. The van der Waals surface area contributed by atoms with Crippen molar-refractivity contribution in [2.45, 2.75) is 82.7 Å². The van der Waals surface area contributed by atoms with Gasteiger partial charge < -0.3 is 62.7 Å². The van der Waals surface area contributed by atoms with E-state index in [9.17, 15) is 38.7 Å². The third kappa shape index (κ3) is 13.1. The van der Waals surface area contributed by atoms with E-state index in [4.69, 9.17) is 47.4 Å². The summed E-state index contributed by atoms with van der Waals surface area (Å²) in [7, 11) is 3.11. The van der Waals surface area contributed by atoms with Crippen LogP contribution in [0.5, 0.6) is 11.5 Å². The summed E-state index contributed by atoms with van der Waals surface area (Å²) in [6.07, 6.45) is -5.24. The largest absolute Gasteiger partial charge is 0.497 e. The van der Waals surface area contributed by atoms with Crippen LogP contribution in [0.3, 0.4) is 0 Å². The highest BCUT2D eigenvalue weighted by Gasteiger charge is 2.52. The lowest BCUT2D eigenvalue weighted by Gasteiger charge is -2.47. The molecule has 0 unspecified atom stereocenters. The van der Waals surface area contributed by atoms with Crippen LogP contribution >= 0.6 is 0 Å². The van der Waals surface area contributed by atoms with Crippen LogP contribution in [0.4, 0.5) is 0 Å². The van der Waals surface area contributed by atoms with Crippen LogP contribution in [0.15, 0.2) is 94.6 Å². The fourth-order valence-electron chi connectivity index (χ4n) is 8.53. The van der Waals surface area contributed by atoms with Gasteiger partial charge >= 0.3 is 23.6 Å². The number of aromatic amines is 1. The SMILES string of the molecule is COc1ccc(C(OC[C@]2(CO)CN(C(=O)COCCO[C@@H]3O[C@H](COC(C)=O)[C@H](OC(C)=O)[C@H](OC(C)=O)[C@H]3NC(C)=O)C[C@H](n3cc(C)c(=O)[nH]c3=O)O2)(c2ccccc2)c2ccc(OC)cc2)cc1. The van der Waals surface area contributed by atoms with Gasteiger partial charge in [0.15, 0.2) is 24.7 Å². The molecule has 2 aliphatic heterocycles. The number of nitrogens with one attached hydrogen (secondary N) is 2. The minimum absolute atomic E-state index is 0.180. The van der Waals surface area contributed by atoms with Crippen molar-refractivity contribution in [3.8, 4) is 11.5 Å². The van der Waals surface area contributed by atoms with E-state index in [0.717, 1.165) is 25.3 Å². The van der Waals surface area contributed by atoms with Crippen LogP contribution in [0, 0.1) is 6.92 Å². The number of morpholine rings is 1. The number of nitrogens with zero attached hydrogens (tertiary/aromatic N) is 2. The van der Waals surface area contributed by atoms with Gasteiger partial charge in [-0.1, -0.05) is 54.6 Å². The minimum atomic E-state index is -1.72. The zero-order valence-electron chi connectivity index (χ0n) is 41.0. The molecule has 2 saturated heterocycles. The molecule has 2 amide bonds. The molecule has 2 aliphatic rings. The molecule has 0 aliphatic carbocycles. The molecule has 0 bridgehead atoms. The minimum Gasteiger partial charge on any atom is -0.497 e. The Morgan fingerprint density at radius 2 is 1.42 bits per heavy atom. The molecule has 2 fully saturated rings. The number of rotatable bonds is 21. The smallest absolute Gasteiger partial charge is 0.330 e. The number of carbonyl (C=O) groups is 5. The van der Waals surface area contributed by atoms with Gasteiger partial charge in [-0.25, -0.2) is 4.79 Å². The van der Waals surface area contributed by atoms with Gasteiger partial charge in [-0.2, -0.15) is 0 Å². The van der Waals surface area contributed by atoms with Crippen LogP contribution in [0.25, 0.3) is 0 Å². The number of hydrogen-bond donors (Lipinski definition) is 3. The van der Waals surface area contributed by atoms with Gasteiger partial charge in [0.25, 0.3) is 5.56 Å². The van der Waals surface area contributed by atoms with E-state index in [1.165, 1.54) is 24.9 Å². The normalized spacial score (nSPS) is 22.0. The molecule has 0 radical (unpaired) electrons. The number of esters is 3. The molecule has 7 atom stereocenters. The lowest BCUT2D eigenvalue weighted by molar-refractivity contribution is -0.279. The number of benzene rings is 3. The van der Waals surface area contributed by atoms with Gasteiger partial charge in [0, 0.05) is 39.5 Å². The number of ether oxygens (including phenoxy) is 10. The quantitative estimate of drug-likeness (QED) is 0.0464. The van der Waals surface area contributed by atoms with Crippen molar-refractivity contribution in [1.29, 1.82) is 0 Å². The van der Waals surface area contributed by atoms with E-state index in [1.807, 2.05) is 54.6 Å². The fourth-order valence-corrected chi connectivity index (χ4v) is 8.53. The van der Waals surface area contributed by atoms with Crippen molar-refractivity contribution in [3.63, 3.8) is 0 Å². The molecule has 22 heteroatoms. The van der Waals surface area contributed by atoms with Crippen molar-refractivity contribution < 1.29 is 76.4 Å². The number of aliphatic hydroxyl groups excluding tert-OH is 1. The summed E-state index contributed by atoms with van der Waals surface area (Å²) in [6, 6.07) is 22.7. The van der Waals surface area contributed by atoms with Crippen molar-refractivity contribution in [1.82, 2.24) is 19.8 Å². The molecule has 0 spiro atoms. The first-order valence-corrected chi connectivity index (χ1v) is 22.9. The van der Waals surface area contributed by atoms with Crippen molar-refractivity contribution >= 4 is 29.7 Å². The number of hydrogen-bond acceptors (Lipinski definition) is 18. The predicted molar refractivity (Wildman–Crippen MR) is 252 cm³/mol. The number of aromatic nitrogens is 2. The van der Waals surface area contributed by atoms with Gasteiger partial charge in [0.05, 0.1) is 53.7 Å². The molecule has 4 aromatic rings. The number of aliphatic hydroxyl groups is 1. The van der Waals surface area contributed by atoms with E-state index in [2.05, 4.69) is 10.3 Å². The predicted octanol–water partition coefficient (Wildman–Crippen LogP) is 1.65. The maximum absolute atomic E-state index is 14.3. The summed E-state index contributed by atoms with van der Waals surface area (Å²) >= 11 is 0.